The maximum Gasteiger partial charge on any atom is 0.251 e. The van der Waals surface area contributed by atoms with Gasteiger partial charge >= 0.3 is 0 Å². The Morgan fingerprint density at radius 1 is 1.47 bits per heavy atom. The molecule has 0 aromatic carbocycles. The molecule has 2 unspecified atom stereocenters. The average molecular weight is 236 g/mol. The first kappa shape index (κ1) is 11.6. The monoisotopic (exact) mass is 236 g/mol. The zero-order chi connectivity index (χ0) is 12.6. The fraction of sp³-hybridized carbons (Fsp3) is 0.545. The van der Waals surface area contributed by atoms with Gasteiger partial charge in [-0.2, -0.15) is 5.10 Å². The van der Waals surface area contributed by atoms with E-state index in [4.69, 9.17) is 0 Å². The SMILES string of the molecule is CCC1NC(=O)C(C)N(c2ccn(C)n2)C1=O. The first-order valence-electron chi connectivity index (χ1n) is 5.67. The van der Waals surface area contributed by atoms with Crippen molar-refractivity contribution in [3.8, 4) is 0 Å². The summed E-state index contributed by atoms with van der Waals surface area (Å²) < 4.78 is 1.61. The molecule has 0 bridgehead atoms. The van der Waals surface area contributed by atoms with E-state index < -0.39 is 12.1 Å². The maximum atomic E-state index is 12.2. The van der Waals surface area contributed by atoms with Gasteiger partial charge in [0.2, 0.25) is 5.91 Å². The number of amides is 2. The van der Waals surface area contributed by atoms with Crippen LogP contribution in [0.25, 0.3) is 0 Å². The van der Waals surface area contributed by atoms with Gasteiger partial charge in [0.05, 0.1) is 0 Å². The fourth-order valence-electron chi connectivity index (χ4n) is 1.95. The number of piperazine rings is 1. The maximum absolute atomic E-state index is 12.2. The van der Waals surface area contributed by atoms with Crippen molar-refractivity contribution in [1.29, 1.82) is 0 Å². The summed E-state index contributed by atoms with van der Waals surface area (Å²) in [7, 11) is 1.78. The van der Waals surface area contributed by atoms with Gasteiger partial charge in [0.1, 0.15) is 12.1 Å². The van der Waals surface area contributed by atoms with E-state index in [1.165, 1.54) is 4.90 Å². The molecule has 1 N–H and O–H groups in total. The molecule has 0 radical (unpaired) electrons. The lowest BCUT2D eigenvalue weighted by atomic mass is 10.1. The molecule has 1 saturated heterocycles. The van der Waals surface area contributed by atoms with E-state index in [0.29, 0.717) is 12.2 Å². The molecule has 2 heterocycles. The standard InChI is InChI=1S/C11H16N4O2/c1-4-8-11(17)15(7(2)10(16)12-8)9-5-6-14(3)13-9/h5-8H,4H2,1-3H3,(H,12,16). The van der Waals surface area contributed by atoms with Crippen molar-refractivity contribution in [2.45, 2.75) is 32.4 Å². The highest BCUT2D eigenvalue weighted by atomic mass is 16.2. The number of aryl methyl sites for hydroxylation is 1. The number of carbonyl (C=O) groups excluding carboxylic acids is 2. The van der Waals surface area contributed by atoms with Gasteiger partial charge in [0, 0.05) is 19.3 Å². The minimum absolute atomic E-state index is 0.0988. The second-order valence-electron chi connectivity index (χ2n) is 4.20. The number of hydrogen-bond donors (Lipinski definition) is 1. The number of aromatic nitrogens is 2. The Labute approximate surface area is 99.6 Å². The van der Waals surface area contributed by atoms with Crippen LogP contribution >= 0.6 is 0 Å². The zero-order valence-corrected chi connectivity index (χ0v) is 10.2. The summed E-state index contributed by atoms with van der Waals surface area (Å²) in [6, 6.07) is 0.778. The number of nitrogens with zero attached hydrogens (tertiary/aromatic N) is 3. The summed E-state index contributed by atoms with van der Waals surface area (Å²) >= 11 is 0. The molecule has 1 aliphatic rings. The molecule has 1 aliphatic heterocycles. The number of rotatable bonds is 2. The van der Waals surface area contributed by atoms with Crippen LogP contribution in [0.5, 0.6) is 0 Å². The van der Waals surface area contributed by atoms with Crippen LogP contribution in [0.2, 0.25) is 0 Å². The minimum atomic E-state index is -0.514. The Morgan fingerprint density at radius 3 is 2.71 bits per heavy atom. The molecule has 2 amide bonds. The highest BCUT2D eigenvalue weighted by Gasteiger charge is 2.38. The molecule has 1 aromatic heterocycles. The van der Waals surface area contributed by atoms with E-state index in [1.54, 1.807) is 30.9 Å². The van der Waals surface area contributed by atoms with E-state index in [9.17, 15) is 9.59 Å². The van der Waals surface area contributed by atoms with Crippen LogP contribution in [-0.4, -0.2) is 33.7 Å². The molecule has 1 fully saturated rings. The molecule has 1 aromatic rings. The predicted molar refractivity (Wildman–Crippen MR) is 62.4 cm³/mol. The molecule has 92 valence electrons. The summed E-state index contributed by atoms with van der Waals surface area (Å²) in [5.74, 6) is 0.290. The lowest BCUT2D eigenvalue weighted by Crippen LogP contribution is -2.62. The molecule has 6 heteroatoms. The molecule has 6 nitrogen and oxygen atoms in total. The van der Waals surface area contributed by atoms with Crippen molar-refractivity contribution < 1.29 is 9.59 Å². The molecule has 2 rings (SSSR count). The molecule has 17 heavy (non-hydrogen) atoms. The summed E-state index contributed by atoms with van der Waals surface area (Å²) in [6.07, 6.45) is 2.34. The Bertz CT molecular complexity index is 454. The van der Waals surface area contributed by atoms with Gasteiger partial charge in [0.25, 0.3) is 5.91 Å². The number of hydrogen-bond acceptors (Lipinski definition) is 3. The Hall–Kier alpha value is -1.85. The van der Waals surface area contributed by atoms with Crippen molar-refractivity contribution >= 4 is 17.6 Å². The van der Waals surface area contributed by atoms with Gasteiger partial charge in [0.15, 0.2) is 5.82 Å². The summed E-state index contributed by atoms with van der Waals surface area (Å²) in [6.45, 7) is 3.57. The number of anilines is 1. The Kier molecular flexibility index (Phi) is 2.87. The van der Waals surface area contributed by atoms with Crippen LogP contribution in [0.4, 0.5) is 5.82 Å². The third kappa shape index (κ3) is 1.90. The molecular formula is C11H16N4O2. The van der Waals surface area contributed by atoms with E-state index in [1.807, 2.05) is 6.92 Å². The highest BCUT2D eigenvalue weighted by molar-refractivity contribution is 6.07. The van der Waals surface area contributed by atoms with Crippen molar-refractivity contribution in [1.82, 2.24) is 15.1 Å². The van der Waals surface area contributed by atoms with Crippen LogP contribution in [0.15, 0.2) is 12.3 Å². The van der Waals surface area contributed by atoms with E-state index in [-0.39, 0.29) is 11.8 Å². The zero-order valence-electron chi connectivity index (χ0n) is 10.2. The molecule has 0 saturated carbocycles. The quantitative estimate of drug-likeness (QED) is 0.789. The topological polar surface area (TPSA) is 67.2 Å². The van der Waals surface area contributed by atoms with E-state index >= 15 is 0 Å². The van der Waals surface area contributed by atoms with Crippen LogP contribution in [0.1, 0.15) is 20.3 Å². The first-order chi connectivity index (χ1) is 8.04. The van der Waals surface area contributed by atoms with Crippen molar-refractivity contribution in [2.24, 2.45) is 7.05 Å². The molecule has 0 spiro atoms. The van der Waals surface area contributed by atoms with Gasteiger partial charge in [-0.25, -0.2) is 0 Å². The highest BCUT2D eigenvalue weighted by Crippen LogP contribution is 2.19. The second-order valence-corrected chi connectivity index (χ2v) is 4.20. The third-order valence-electron chi connectivity index (χ3n) is 2.97. The number of nitrogens with one attached hydrogen (secondary N) is 1. The largest absolute Gasteiger partial charge is 0.342 e. The minimum Gasteiger partial charge on any atom is -0.342 e. The lowest BCUT2D eigenvalue weighted by Gasteiger charge is -2.35. The molecule has 0 aliphatic carbocycles. The van der Waals surface area contributed by atoms with Crippen LogP contribution in [0, 0.1) is 0 Å². The Balaban J connectivity index is 2.35. The predicted octanol–water partition coefficient (Wildman–Crippen LogP) is 0.0500. The van der Waals surface area contributed by atoms with Crippen LogP contribution in [-0.2, 0) is 16.6 Å². The van der Waals surface area contributed by atoms with Crippen molar-refractivity contribution in [3.05, 3.63) is 12.3 Å². The number of carbonyl (C=O) groups is 2. The molecular weight excluding hydrogens is 220 g/mol. The van der Waals surface area contributed by atoms with Crippen molar-refractivity contribution in [3.63, 3.8) is 0 Å². The summed E-state index contributed by atoms with van der Waals surface area (Å²) in [4.78, 5) is 25.4. The van der Waals surface area contributed by atoms with Gasteiger partial charge in [-0.1, -0.05) is 6.92 Å². The van der Waals surface area contributed by atoms with E-state index in [2.05, 4.69) is 10.4 Å². The summed E-state index contributed by atoms with van der Waals surface area (Å²) in [5, 5.41) is 6.89. The Morgan fingerprint density at radius 2 is 2.18 bits per heavy atom. The van der Waals surface area contributed by atoms with Crippen molar-refractivity contribution in [2.75, 3.05) is 4.90 Å². The smallest absolute Gasteiger partial charge is 0.251 e. The average Bonchev–Trinajstić information content (AvgIpc) is 2.70. The van der Waals surface area contributed by atoms with Gasteiger partial charge < -0.3 is 5.32 Å². The fourth-order valence-corrected chi connectivity index (χ4v) is 1.95. The van der Waals surface area contributed by atoms with Gasteiger partial charge in [-0.3, -0.25) is 19.2 Å². The lowest BCUT2D eigenvalue weighted by molar-refractivity contribution is -0.133. The van der Waals surface area contributed by atoms with E-state index in [0.717, 1.165) is 0 Å². The normalized spacial score (nSPS) is 25.0. The first-order valence-corrected chi connectivity index (χ1v) is 5.67. The van der Waals surface area contributed by atoms with Gasteiger partial charge in [-0.15, -0.1) is 0 Å². The second kappa shape index (κ2) is 4.20. The summed E-state index contributed by atoms with van der Waals surface area (Å²) in [5.41, 5.74) is 0. The van der Waals surface area contributed by atoms with Crippen LogP contribution < -0.4 is 10.2 Å². The van der Waals surface area contributed by atoms with Crippen LogP contribution in [0.3, 0.4) is 0 Å². The van der Waals surface area contributed by atoms with Gasteiger partial charge in [-0.05, 0) is 13.3 Å². The molecule has 2 atom stereocenters. The third-order valence-corrected chi connectivity index (χ3v) is 2.97.